The second kappa shape index (κ2) is 7.27. The molecule has 0 unspecified atom stereocenters. The SMILES string of the molecule is CCCNCc1ccc(Oc2ccc(C)nc2)cc1Cl. The van der Waals surface area contributed by atoms with Crippen molar-refractivity contribution >= 4 is 11.6 Å². The van der Waals surface area contributed by atoms with Gasteiger partial charge in [0.05, 0.1) is 6.20 Å². The minimum atomic E-state index is 0.712. The van der Waals surface area contributed by atoms with Gasteiger partial charge in [0.2, 0.25) is 0 Å². The van der Waals surface area contributed by atoms with Gasteiger partial charge >= 0.3 is 0 Å². The summed E-state index contributed by atoms with van der Waals surface area (Å²) in [5.41, 5.74) is 2.04. The molecule has 0 aliphatic carbocycles. The summed E-state index contributed by atoms with van der Waals surface area (Å²) in [6, 6.07) is 9.56. The maximum atomic E-state index is 6.26. The fourth-order valence-corrected chi connectivity index (χ4v) is 2.02. The molecule has 0 radical (unpaired) electrons. The number of rotatable bonds is 6. The summed E-state index contributed by atoms with van der Waals surface area (Å²) < 4.78 is 5.73. The van der Waals surface area contributed by atoms with E-state index in [0.29, 0.717) is 10.8 Å². The third kappa shape index (κ3) is 4.22. The van der Waals surface area contributed by atoms with E-state index in [-0.39, 0.29) is 0 Å². The first kappa shape index (κ1) is 14.8. The maximum Gasteiger partial charge on any atom is 0.145 e. The number of aryl methyl sites for hydroxylation is 1. The minimum absolute atomic E-state index is 0.712. The average Bonchev–Trinajstić information content (AvgIpc) is 2.44. The monoisotopic (exact) mass is 290 g/mol. The lowest BCUT2D eigenvalue weighted by atomic mass is 10.2. The molecule has 0 spiro atoms. The maximum absolute atomic E-state index is 6.26. The van der Waals surface area contributed by atoms with Gasteiger partial charge in [-0.3, -0.25) is 4.98 Å². The van der Waals surface area contributed by atoms with Crippen molar-refractivity contribution in [1.29, 1.82) is 0 Å². The molecule has 1 aromatic heterocycles. The zero-order valence-corrected chi connectivity index (χ0v) is 12.6. The highest BCUT2D eigenvalue weighted by molar-refractivity contribution is 6.31. The smallest absolute Gasteiger partial charge is 0.145 e. The van der Waals surface area contributed by atoms with Gasteiger partial charge < -0.3 is 10.1 Å². The van der Waals surface area contributed by atoms with Gasteiger partial charge in [-0.15, -0.1) is 0 Å². The van der Waals surface area contributed by atoms with Gasteiger partial charge in [-0.05, 0) is 49.7 Å². The predicted molar refractivity (Wildman–Crippen MR) is 82.5 cm³/mol. The Bertz CT molecular complexity index is 555. The third-order valence-corrected chi connectivity index (χ3v) is 3.24. The Morgan fingerprint density at radius 1 is 1.20 bits per heavy atom. The molecule has 0 atom stereocenters. The Labute approximate surface area is 124 Å². The van der Waals surface area contributed by atoms with Gasteiger partial charge in [0.15, 0.2) is 0 Å². The Morgan fingerprint density at radius 2 is 2.00 bits per heavy atom. The standard InChI is InChI=1S/C16H19ClN2O/c1-3-8-18-10-13-5-7-14(9-16(13)17)20-15-6-4-12(2)19-11-15/h4-7,9,11,18H,3,8,10H2,1-2H3. The van der Waals surface area contributed by atoms with E-state index < -0.39 is 0 Å². The molecular formula is C16H19ClN2O. The molecule has 0 aliphatic rings. The summed E-state index contributed by atoms with van der Waals surface area (Å²) in [6.07, 6.45) is 2.82. The largest absolute Gasteiger partial charge is 0.456 e. The van der Waals surface area contributed by atoms with Crippen LogP contribution in [0.3, 0.4) is 0 Å². The third-order valence-electron chi connectivity index (χ3n) is 2.89. The molecule has 4 heteroatoms. The highest BCUT2D eigenvalue weighted by atomic mass is 35.5. The number of nitrogens with zero attached hydrogens (tertiary/aromatic N) is 1. The lowest BCUT2D eigenvalue weighted by Crippen LogP contribution is -2.13. The minimum Gasteiger partial charge on any atom is -0.456 e. The van der Waals surface area contributed by atoms with Crippen LogP contribution >= 0.6 is 11.6 Å². The molecule has 0 saturated carbocycles. The van der Waals surface area contributed by atoms with Crippen molar-refractivity contribution in [2.45, 2.75) is 26.8 Å². The number of aromatic nitrogens is 1. The zero-order valence-electron chi connectivity index (χ0n) is 11.8. The van der Waals surface area contributed by atoms with Crippen LogP contribution < -0.4 is 10.1 Å². The first-order valence-electron chi connectivity index (χ1n) is 6.78. The number of ether oxygens (including phenoxy) is 1. The van der Waals surface area contributed by atoms with E-state index >= 15 is 0 Å². The molecule has 3 nitrogen and oxygen atoms in total. The molecule has 20 heavy (non-hydrogen) atoms. The average molecular weight is 291 g/mol. The molecule has 0 aliphatic heterocycles. The van der Waals surface area contributed by atoms with Gasteiger partial charge in [-0.1, -0.05) is 24.6 Å². The van der Waals surface area contributed by atoms with E-state index in [0.717, 1.165) is 36.5 Å². The summed E-state index contributed by atoms with van der Waals surface area (Å²) in [6.45, 7) is 5.85. The van der Waals surface area contributed by atoms with Crippen LogP contribution in [-0.4, -0.2) is 11.5 Å². The van der Waals surface area contributed by atoms with Gasteiger partial charge in [0.25, 0.3) is 0 Å². The molecule has 2 aromatic rings. The Morgan fingerprint density at radius 3 is 2.65 bits per heavy atom. The number of nitrogens with one attached hydrogen (secondary N) is 1. The van der Waals surface area contributed by atoms with Crippen molar-refractivity contribution in [2.75, 3.05) is 6.54 Å². The highest BCUT2D eigenvalue weighted by Gasteiger charge is 2.04. The number of pyridine rings is 1. The van der Waals surface area contributed by atoms with Crippen LogP contribution in [0.25, 0.3) is 0 Å². The Hall–Kier alpha value is -1.58. The quantitative estimate of drug-likeness (QED) is 0.804. The second-order valence-corrected chi connectivity index (χ2v) is 5.07. The molecule has 1 heterocycles. The predicted octanol–water partition coefficient (Wildman–Crippen LogP) is 4.34. The van der Waals surface area contributed by atoms with E-state index in [4.69, 9.17) is 16.3 Å². The zero-order chi connectivity index (χ0) is 14.4. The van der Waals surface area contributed by atoms with Gasteiger partial charge in [-0.2, -0.15) is 0 Å². The number of benzene rings is 1. The number of hydrogen-bond donors (Lipinski definition) is 1. The second-order valence-electron chi connectivity index (χ2n) is 4.67. The molecule has 0 fully saturated rings. The van der Waals surface area contributed by atoms with Crippen LogP contribution in [0.2, 0.25) is 5.02 Å². The fraction of sp³-hybridized carbons (Fsp3) is 0.312. The van der Waals surface area contributed by atoms with Crippen molar-refractivity contribution in [3.8, 4) is 11.5 Å². The lowest BCUT2D eigenvalue weighted by Gasteiger charge is -2.09. The molecule has 0 saturated heterocycles. The van der Waals surface area contributed by atoms with Crippen molar-refractivity contribution in [1.82, 2.24) is 10.3 Å². The number of hydrogen-bond acceptors (Lipinski definition) is 3. The first-order chi connectivity index (χ1) is 9.69. The summed E-state index contributed by atoms with van der Waals surface area (Å²) in [4.78, 5) is 4.20. The molecule has 0 amide bonds. The molecular weight excluding hydrogens is 272 g/mol. The van der Waals surface area contributed by atoms with Gasteiger partial charge in [0, 0.05) is 17.3 Å². The van der Waals surface area contributed by atoms with Crippen molar-refractivity contribution in [3.05, 3.63) is 52.8 Å². The lowest BCUT2D eigenvalue weighted by molar-refractivity contribution is 0.479. The van der Waals surface area contributed by atoms with Crippen LogP contribution in [0.4, 0.5) is 0 Å². The van der Waals surface area contributed by atoms with E-state index in [9.17, 15) is 0 Å². The molecule has 1 aromatic carbocycles. The summed E-state index contributed by atoms with van der Waals surface area (Å²) in [7, 11) is 0. The number of halogens is 1. The normalized spacial score (nSPS) is 10.6. The van der Waals surface area contributed by atoms with Gasteiger partial charge in [0.1, 0.15) is 11.5 Å². The van der Waals surface area contributed by atoms with E-state index in [1.807, 2.05) is 37.3 Å². The van der Waals surface area contributed by atoms with E-state index in [2.05, 4.69) is 17.2 Å². The van der Waals surface area contributed by atoms with Crippen molar-refractivity contribution in [3.63, 3.8) is 0 Å². The van der Waals surface area contributed by atoms with Gasteiger partial charge in [-0.25, -0.2) is 0 Å². The van der Waals surface area contributed by atoms with Crippen LogP contribution in [0, 0.1) is 6.92 Å². The van der Waals surface area contributed by atoms with Crippen LogP contribution in [-0.2, 0) is 6.54 Å². The first-order valence-corrected chi connectivity index (χ1v) is 7.16. The van der Waals surface area contributed by atoms with Crippen molar-refractivity contribution in [2.24, 2.45) is 0 Å². The highest BCUT2D eigenvalue weighted by Crippen LogP contribution is 2.26. The van der Waals surface area contributed by atoms with Crippen LogP contribution in [0.15, 0.2) is 36.5 Å². The summed E-state index contributed by atoms with van der Waals surface area (Å²) in [5.74, 6) is 1.43. The molecule has 0 bridgehead atoms. The molecule has 1 N–H and O–H groups in total. The Kier molecular flexibility index (Phi) is 5.39. The van der Waals surface area contributed by atoms with Crippen LogP contribution in [0.1, 0.15) is 24.6 Å². The van der Waals surface area contributed by atoms with E-state index in [1.54, 1.807) is 6.20 Å². The Balaban J connectivity index is 2.03. The topological polar surface area (TPSA) is 34.1 Å². The van der Waals surface area contributed by atoms with Crippen LogP contribution in [0.5, 0.6) is 11.5 Å². The molecule has 106 valence electrons. The fourth-order valence-electron chi connectivity index (χ4n) is 1.79. The van der Waals surface area contributed by atoms with E-state index in [1.165, 1.54) is 0 Å². The molecule has 2 rings (SSSR count). The summed E-state index contributed by atoms with van der Waals surface area (Å²) in [5, 5.41) is 4.05. The van der Waals surface area contributed by atoms with Crippen molar-refractivity contribution < 1.29 is 4.74 Å². The summed E-state index contributed by atoms with van der Waals surface area (Å²) >= 11 is 6.26.